The fourth-order valence-corrected chi connectivity index (χ4v) is 3.34. The SMILES string of the molecule is COc1ccc(Br)cc1/C=C/C(=O)OCC(=O)N[C@H]1CCCC[C@H]1C. The summed E-state index contributed by atoms with van der Waals surface area (Å²) < 4.78 is 11.1. The van der Waals surface area contributed by atoms with E-state index in [9.17, 15) is 9.59 Å². The van der Waals surface area contributed by atoms with Gasteiger partial charge in [0.2, 0.25) is 0 Å². The number of rotatable bonds is 6. The van der Waals surface area contributed by atoms with E-state index < -0.39 is 5.97 Å². The van der Waals surface area contributed by atoms with Gasteiger partial charge in [0.25, 0.3) is 5.91 Å². The molecule has 0 saturated heterocycles. The average Bonchev–Trinajstić information content (AvgIpc) is 2.60. The summed E-state index contributed by atoms with van der Waals surface area (Å²) in [7, 11) is 1.56. The Hall–Kier alpha value is -1.82. The number of hydrogen-bond donors (Lipinski definition) is 1. The molecule has 2 atom stereocenters. The van der Waals surface area contributed by atoms with Crippen molar-refractivity contribution in [3.8, 4) is 5.75 Å². The van der Waals surface area contributed by atoms with Gasteiger partial charge in [-0.2, -0.15) is 0 Å². The van der Waals surface area contributed by atoms with Crippen molar-refractivity contribution in [1.82, 2.24) is 5.32 Å². The lowest BCUT2D eigenvalue weighted by Gasteiger charge is -2.29. The molecular formula is C19H24BrNO4. The number of carbonyl (C=O) groups is 2. The lowest BCUT2D eigenvalue weighted by Crippen LogP contribution is -2.42. The number of benzene rings is 1. The molecule has 0 spiro atoms. The molecule has 1 aliphatic rings. The maximum Gasteiger partial charge on any atom is 0.331 e. The summed E-state index contributed by atoms with van der Waals surface area (Å²) in [6.45, 7) is 1.88. The van der Waals surface area contributed by atoms with Crippen molar-refractivity contribution in [1.29, 1.82) is 0 Å². The fourth-order valence-electron chi connectivity index (χ4n) is 2.96. The van der Waals surface area contributed by atoms with Gasteiger partial charge in [-0.1, -0.05) is 35.7 Å². The summed E-state index contributed by atoms with van der Waals surface area (Å²) in [5.41, 5.74) is 0.745. The summed E-state index contributed by atoms with van der Waals surface area (Å²) in [4.78, 5) is 23.8. The van der Waals surface area contributed by atoms with Crippen LogP contribution in [0.25, 0.3) is 6.08 Å². The monoisotopic (exact) mass is 409 g/mol. The van der Waals surface area contributed by atoms with Crippen LogP contribution in [0.15, 0.2) is 28.7 Å². The van der Waals surface area contributed by atoms with Crippen LogP contribution in [0.1, 0.15) is 38.2 Å². The Morgan fingerprint density at radius 1 is 1.32 bits per heavy atom. The first-order valence-electron chi connectivity index (χ1n) is 8.47. The first-order chi connectivity index (χ1) is 12.0. The minimum Gasteiger partial charge on any atom is -0.496 e. The zero-order valence-corrected chi connectivity index (χ0v) is 16.2. The molecule has 1 N–H and O–H groups in total. The van der Waals surface area contributed by atoms with Gasteiger partial charge in [-0.15, -0.1) is 0 Å². The minimum absolute atomic E-state index is 0.182. The maximum absolute atomic E-state index is 11.9. The van der Waals surface area contributed by atoms with Crippen LogP contribution in [-0.4, -0.2) is 31.6 Å². The molecule has 0 bridgehead atoms. The molecule has 136 valence electrons. The molecule has 2 rings (SSSR count). The van der Waals surface area contributed by atoms with Gasteiger partial charge in [-0.25, -0.2) is 4.79 Å². The van der Waals surface area contributed by atoms with Gasteiger partial charge in [0.15, 0.2) is 6.61 Å². The van der Waals surface area contributed by atoms with Gasteiger partial charge < -0.3 is 14.8 Å². The zero-order chi connectivity index (χ0) is 18.2. The third-order valence-electron chi connectivity index (χ3n) is 4.39. The summed E-state index contributed by atoms with van der Waals surface area (Å²) >= 11 is 3.38. The van der Waals surface area contributed by atoms with Gasteiger partial charge in [-0.3, -0.25) is 4.79 Å². The van der Waals surface area contributed by atoms with Crippen LogP contribution in [0.2, 0.25) is 0 Å². The standard InChI is InChI=1S/C19H24BrNO4/c1-13-5-3-4-6-16(13)21-18(22)12-25-19(23)10-7-14-11-15(20)8-9-17(14)24-2/h7-11,13,16H,3-6,12H2,1-2H3,(H,21,22)/b10-7+/t13-,16+/m1/s1. The molecule has 0 radical (unpaired) electrons. The van der Waals surface area contributed by atoms with Crippen molar-refractivity contribution in [2.45, 2.75) is 38.6 Å². The third-order valence-corrected chi connectivity index (χ3v) is 4.89. The normalized spacial score (nSPS) is 20.3. The van der Waals surface area contributed by atoms with Crippen LogP contribution in [0.3, 0.4) is 0 Å². The van der Waals surface area contributed by atoms with Gasteiger partial charge in [-0.05, 0) is 43.0 Å². The van der Waals surface area contributed by atoms with E-state index in [4.69, 9.17) is 9.47 Å². The number of halogens is 1. The van der Waals surface area contributed by atoms with Gasteiger partial charge in [0.1, 0.15) is 5.75 Å². The maximum atomic E-state index is 11.9. The van der Waals surface area contributed by atoms with Crippen LogP contribution in [0.4, 0.5) is 0 Å². The van der Waals surface area contributed by atoms with E-state index in [-0.39, 0.29) is 18.6 Å². The van der Waals surface area contributed by atoms with E-state index in [0.29, 0.717) is 11.7 Å². The van der Waals surface area contributed by atoms with Crippen LogP contribution >= 0.6 is 15.9 Å². The molecule has 0 aromatic heterocycles. The topological polar surface area (TPSA) is 64.6 Å². The molecule has 1 aromatic rings. The molecule has 1 saturated carbocycles. The molecule has 1 amide bonds. The van der Waals surface area contributed by atoms with Crippen molar-refractivity contribution in [2.24, 2.45) is 5.92 Å². The van der Waals surface area contributed by atoms with Crippen LogP contribution in [0, 0.1) is 5.92 Å². The predicted octanol–water partition coefficient (Wildman–Crippen LogP) is 3.71. The Morgan fingerprint density at radius 3 is 2.80 bits per heavy atom. The molecule has 5 nitrogen and oxygen atoms in total. The number of esters is 1. The molecule has 0 heterocycles. The first-order valence-corrected chi connectivity index (χ1v) is 9.26. The van der Waals surface area contributed by atoms with Crippen LogP contribution in [0.5, 0.6) is 5.75 Å². The summed E-state index contributed by atoms with van der Waals surface area (Å²) in [5, 5.41) is 2.96. The molecule has 0 unspecified atom stereocenters. The molecule has 0 aliphatic heterocycles. The largest absolute Gasteiger partial charge is 0.496 e. The van der Waals surface area contributed by atoms with Crippen LogP contribution in [-0.2, 0) is 14.3 Å². The number of carbonyl (C=O) groups excluding carboxylic acids is 2. The van der Waals surface area contributed by atoms with E-state index in [1.807, 2.05) is 12.1 Å². The smallest absolute Gasteiger partial charge is 0.331 e. The average molecular weight is 410 g/mol. The summed E-state index contributed by atoms with van der Waals surface area (Å²) in [6, 6.07) is 5.67. The van der Waals surface area contributed by atoms with Gasteiger partial charge in [0, 0.05) is 22.2 Å². The van der Waals surface area contributed by atoms with Gasteiger partial charge in [0.05, 0.1) is 7.11 Å². The van der Waals surface area contributed by atoms with Crippen molar-refractivity contribution < 1.29 is 19.1 Å². The van der Waals surface area contributed by atoms with Gasteiger partial charge >= 0.3 is 5.97 Å². The second-order valence-electron chi connectivity index (χ2n) is 6.26. The second-order valence-corrected chi connectivity index (χ2v) is 7.18. The number of ether oxygens (including phenoxy) is 2. The molecule has 1 fully saturated rings. The molecule has 1 aromatic carbocycles. The second kappa shape index (κ2) is 9.61. The predicted molar refractivity (Wildman–Crippen MR) is 100 cm³/mol. The zero-order valence-electron chi connectivity index (χ0n) is 14.6. The molecule has 6 heteroatoms. The minimum atomic E-state index is -0.561. The Morgan fingerprint density at radius 2 is 2.08 bits per heavy atom. The van der Waals surface area contributed by atoms with Crippen molar-refractivity contribution in [3.63, 3.8) is 0 Å². The Kier molecular flexibility index (Phi) is 7.50. The van der Waals surface area contributed by atoms with E-state index >= 15 is 0 Å². The van der Waals surface area contributed by atoms with E-state index in [2.05, 4.69) is 28.2 Å². The Bertz CT molecular complexity index is 644. The van der Waals surface area contributed by atoms with E-state index in [0.717, 1.165) is 29.3 Å². The number of hydrogen-bond acceptors (Lipinski definition) is 4. The van der Waals surface area contributed by atoms with Crippen molar-refractivity contribution >= 4 is 33.9 Å². The highest BCUT2D eigenvalue weighted by atomic mass is 79.9. The Balaban J connectivity index is 1.82. The molecule has 25 heavy (non-hydrogen) atoms. The fraction of sp³-hybridized carbons (Fsp3) is 0.474. The number of amides is 1. The number of methoxy groups -OCH3 is 1. The summed E-state index contributed by atoms with van der Waals surface area (Å²) in [5.74, 6) is 0.308. The van der Waals surface area contributed by atoms with Crippen molar-refractivity contribution in [2.75, 3.05) is 13.7 Å². The third kappa shape index (κ3) is 6.20. The lowest BCUT2D eigenvalue weighted by atomic mass is 9.86. The molecular weight excluding hydrogens is 386 g/mol. The van der Waals surface area contributed by atoms with Crippen molar-refractivity contribution in [3.05, 3.63) is 34.3 Å². The highest BCUT2D eigenvalue weighted by molar-refractivity contribution is 9.10. The highest BCUT2D eigenvalue weighted by Gasteiger charge is 2.22. The van der Waals surface area contributed by atoms with E-state index in [1.165, 1.54) is 12.5 Å². The quantitative estimate of drug-likeness (QED) is 0.574. The Labute approximate surface area is 156 Å². The van der Waals surface area contributed by atoms with E-state index in [1.54, 1.807) is 19.3 Å². The van der Waals surface area contributed by atoms with Crippen LogP contribution < -0.4 is 10.1 Å². The summed E-state index contributed by atoms with van der Waals surface area (Å²) in [6.07, 6.45) is 7.36. The number of nitrogens with one attached hydrogen (secondary N) is 1. The first kappa shape index (κ1) is 19.5. The highest BCUT2D eigenvalue weighted by Crippen LogP contribution is 2.24. The molecule has 1 aliphatic carbocycles. The lowest BCUT2D eigenvalue weighted by molar-refractivity contribution is -0.144.